The quantitative estimate of drug-likeness (QED) is 0.738. The van der Waals surface area contributed by atoms with Crippen molar-refractivity contribution in [1.29, 1.82) is 0 Å². The molecular formula is C10H15NO2. The second kappa shape index (κ2) is 4.14. The van der Waals surface area contributed by atoms with Gasteiger partial charge >= 0.3 is 0 Å². The third-order valence-corrected chi connectivity index (χ3v) is 1.80. The minimum atomic E-state index is 0.120. The Morgan fingerprint density at radius 3 is 2.77 bits per heavy atom. The van der Waals surface area contributed by atoms with Crippen LogP contribution in [-0.2, 0) is 6.42 Å². The van der Waals surface area contributed by atoms with Gasteiger partial charge in [-0.05, 0) is 31.0 Å². The van der Waals surface area contributed by atoms with Crippen molar-refractivity contribution in [1.82, 2.24) is 0 Å². The highest BCUT2D eigenvalue weighted by molar-refractivity contribution is 5.41. The number of nitrogens with two attached hydrogens (primary N) is 1. The second-order valence-electron chi connectivity index (χ2n) is 3.19. The van der Waals surface area contributed by atoms with Gasteiger partial charge in [-0.25, -0.2) is 0 Å². The molecule has 1 rings (SSSR count). The topological polar surface area (TPSA) is 55.5 Å². The average molecular weight is 181 g/mol. The zero-order valence-electron chi connectivity index (χ0n) is 7.95. The molecule has 0 amide bonds. The lowest BCUT2D eigenvalue weighted by molar-refractivity contribution is 0.373. The van der Waals surface area contributed by atoms with Crippen LogP contribution in [0.15, 0.2) is 18.2 Å². The summed E-state index contributed by atoms with van der Waals surface area (Å²) < 4.78 is 4.98. The number of benzene rings is 1. The Hall–Kier alpha value is -1.22. The van der Waals surface area contributed by atoms with Gasteiger partial charge in [0.05, 0.1) is 7.11 Å². The monoisotopic (exact) mass is 181 g/mol. The molecule has 3 N–H and O–H groups in total. The summed E-state index contributed by atoms with van der Waals surface area (Å²) in [6.45, 7) is 1.94. The van der Waals surface area contributed by atoms with Crippen LogP contribution < -0.4 is 10.5 Å². The van der Waals surface area contributed by atoms with Crippen LogP contribution in [0.1, 0.15) is 12.5 Å². The molecule has 0 fully saturated rings. The van der Waals surface area contributed by atoms with Gasteiger partial charge in [0.15, 0.2) is 11.5 Å². The predicted octanol–water partition coefficient (Wildman–Crippen LogP) is 1.29. The lowest BCUT2D eigenvalue weighted by atomic mass is 10.1. The van der Waals surface area contributed by atoms with Crippen molar-refractivity contribution in [2.24, 2.45) is 5.73 Å². The lowest BCUT2D eigenvalue weighted by Crippen LogP contribution is -2.17. The molecule has 3 heteroatoms. The molecular weight excluding hydrogens is 166 g/mol. The number of aromatic hydroxyl groups is 1. The number of rotatable bonds is 3. The highest BCUT2D eigenvalue weighted by Gasteiger charge is 2.03. The third-order valence-electron chi connectivity index (χ3n) is 1.80. The highest BCUT2D eigenvalue weighted by atomic mass is 16.5. The van der Waals surface area contributed by atoms with Crippen LogP contribution >= 0.6 is 0 Å². The van der Waals surface area contributed by atoms with Gasteiger partial charge in [0.2, 0.25) is 0 Å². The van der Waals surface area contributed by atoms with E-state index in [2.05, 4.69) is 0 Å². The fourth-order valence-electron chi connectivity index (χ4n) is 1.22. The van der Waals surface area contributed by atoms with Crippen LogP contribution in [0.4, 0.5) is 0 Å². The van der Waals surface area contributed by atoms with E-state index < -0.39 is 0 Å². The molecule has 1 aromatic carbocycles. The summed E-state index contributed by atoms with van der Waals surface area (Å²) in [7, 11) is 1.53. The Bertz CT molecular complexity index is 284. The first kappa shape index (κ1) is 9.86. The predicted molar refractivity (Wildman–Crippen MR) is 52.0 cm³/mol. The number of hydrogen-bond donors (Lipinski definition) is 2. The number of methoxy groups -OCH3 is 1. The first-order valence-electron chi connectivity index (χ1n) is 4.25. The molecule has 72 valence electrons. The smallest absolute Gasteiger partial charge is 0.160 e. The average Bonchev–Trinajstić information content (AvgIpc) is 2.07. The van der Waals surface area contributed by atoms with Crippen LogP contribution in [0, 0.1) is 0 Å². The zero-order valence-corrected chi connectivity index (χ0v) is 7.95. The molecule has 0 aliphatic heterocycles. The first-order valence-corrected chi connectivity index (χ1v) is 4.25. The van der Waals surface area contributed by atoms with E-state index >= 15 is 0 Å². The molecule has 13 heavy (non-hydrogen) atoms. The summed E-state index contributed by atoms with van der Waals surface area (Å²) in [6, 6.07) is 5.39. The highest BCUT2D eigenvalue weighted by Crippen LogP contribution is 2.26. The number of hydrogen-bond acceptors (Lipinski definition) is 3. The fourth-order valence-corrected chi connectivity index (χ4v) is 1.22. The van der Waals surface area contributed by atoms with Crippen LogP contribution in [-0.4, -0.2) is 18.3 Å². The van der Waals surface area contributed by atoms with Gasteiger partial charge in [-0.15, -0.1) is 0 Å². The Balaban J connectivity index is 2.86. The molecule has 0 saturated carbocycles. The summed E-state index contributed by atoms with van der Waals surface area (Å²) in [5.41, 5.74) is 6.72. The molecule has 0 unspecified atom stereocenters. The van der Waals surface area contributed by atoms with Crippen molar-refractivity contribution in [2.45, 2.75) is 19.4 Å². The van der Waals surface area contributed by atoms with Gasteiger partial charge in [0.25, 0.3) is 0 Å². The summed E-state index contributed by atoms with van der Waals surface area (Å²) in [5.74, 6) is 0.661. The van der Waals surface area contributed by atoms with E-state index in [9.17, 15) is 5.11 Å². The first-order chi connectivity index (χ1) is 6.13. The minimum absolute atomic E-state index is 0.120. The van der Waals surface area contributed by atoms with E-state index in [1.807, 2.05) is 13.0 Å². The molecule has 3 nitrogen and oxygen atoms in total. The Kier molecular flexibility index (Phi) is 3.14. The molecule has 1 aromatic rings. The standard InChI is InChI=1S/C10H15NO2/c1-7(11)5-8-3-4-9(12)10(6-8)13-2/h3-4,6-7,12H,5,11H2,1-2H3/t7-/m0/s1. The Morgan fingerprint density at radius 2 is 2.23 bits per heavy atom. The van der Waals surface area contributed by atoms with Crippen molar-refractivity contribution in [2.75, 3.05) is 7.11 Å². The normalized spacial score (nSPS) is 12.5. The van der Waals surface area contributed by atoms with Crippen LogP contribution in [0.2, 0.25) is 0 Å². The largest absolute Gasteiger partial charge is 0.504 e. The molecule has 0 spiro atoms. The number of ether oxygens (including phenoxy) is 1. The van der Waals surface area contributed by atoms with E-state index in [1.54, 1.807) is 12.1 Å². The van der Waals surface area contributed by atoms with E-state index in [0.29, 0.717) is 5.75 Å². The summed E-state index contributed by atoms with van der Waals surface area (Å²) in [4.78, 5) is 0. The van der Waals surface area contributed by atoms with Crippen molar-refractivity contribution in [3.63, 3.8) is 0 Å². The van der Waals surface area contributed by atoms with E-state index in [1.165, 1.54) is 7.11 Å². The number of phenols is 1. The van der Waals surface area contributed by atoms with Crippen molar-refractivity contribution < 1.29 is 9.84 Å². The third kappa shape index (κ3) is 2.63. The molecule has 0 aliphatic rings. The summed E-state index contributed by atoms with van der Waals surface area (Å²) >= 11 is 0. The molecule has 0 heterocycles. The SMILES string of the molecule is COc1cc(C[C@H](C)N)ccc1O. The van der Waals surface area contributed by atoms with E-state index in [0.717, 1.165) is 12.0 Å². The summed E-state index contributed by atoms with van der Waals surface area (Å²) in [6.07, 6.45) is 0.788. The maximum atomic E-state index is 9.31. The minimum Gasteiger partial charge on any atom is -0.504 e. The Labute approximate surface area is 78.1 Å². The van der Waals surface area contributed by atoms with Crippen molar-refractivity contribution in [3.05, 3.63) is 23.8 Å². The van der Waals surface area contributed by atoms with Crippen LogP contribution in [0.3, 0.4) is 0 Å². The molecule has 1 atom stereocenters. The zero-order chi connectivity index (χ0) is 9.84. The lowest BCUT2D eigenvalue weighted by Gasteiger charge is -2.08. The van der Waals surface area contributed by atoms with Gasteiger partial charge in [-0.3, -0.25) is 0 Å². The van der Waals surface area contributed by atoms with Gasteiger partial charge in [-0.2, -0.15) is 0 Å². The van der Waals surface area contributed by atoms with Crippen LogP contribution in [0.25, 0.3) is 0 Å². The Morgan fingerprint density at radius 1 is 1.54 bits per heavy atom. The van der Waals surface area contributed by atoms with E-state index in [4.69, 9.17) is 10.5 Å². The van der Waals surface area contributed by atoms with Gasteiger partial charge in [0, 0.05) is 6.04 Å². The molecule has 0 aliphatic carbocycles. The van der Waals surface area contributed by atoms with Gasteiger partial charge < -0.3 is 15.6 Å². The fraction of sp³-hybridized carbons (Fsp3) is 0.400. The van der Waals surface area contributed by atoms with Gasteiger partial charge in [-0.1, -0.05) is 6.07 Å². The second-order valence-corrected chi connectivity index (χ2v) is 3.19. The van der Waals surface area contributed by atoms with Crippen molar-refractivity contribution in [3.8, 4) is 11.5 Å². The van der Waals surface area contributed by atoms with Gasteiger partial charge in [0.1, 0.15) is 0 Å². The van der Waals surface area contributed by atoms with Crippen LogP contribution in [0.5, 0.6) is 11.5 Å². The maximum Gasteiger partial charge on any atom is 0.160 e. The number of phenolic OH excluding ortho intramolecular Hbond substituents is 1. The van der Waals surface area contributed by atoms with E-state index in [-0.39, 0.29) is 11.8 Å². The molecule has 0 radical (unpaired) electrons. The maximum absolute atomic E-state index is 9.31. The molecule has 0 saturated heterocycles. The molecule has 0 aromatic heterocycles. The van der Waals surface area contributed by atoms with Crippen molar-refractivity contribution >= 4 is 0 Å². The summed E-state index contributed by atoms with van der Waals surface area (Å²) in [5, 5.41) is 9.31. The molecule has 0 bridgehead atoms.